The lowest BCUT2D eigenvalue weighted by atomic mass is 9.91. The van der Waals surface area contributed by atoms with Crippen molar-refractivity contribution in [1.29, 1.82) is 0 Å². The highest BCUT2D eigenvalue weighted by molar-refractivity contribution is 5.79. The largest absolute Gasteiger partial charge is 0.480 e. The first kappa shape index (κ1) is 10.9. The number of carbonyl (C=O) groups is 1. The Morgan fingerprint density at radius 3 is 2.60 bits per heavy atom. The monoisotopic (exact) mass is 213 g/mol. The van der Waals surface area contributed by atoms with Gasteiger partial charge >= 0.3 is 5.97 Å². The summed E-state index contributed by atoms with van der Waals surface area (Å²) in [7, 11) is 0. The zero-order valence-corrected chi connectivity index (χ0v) is 9.00. The Bertz CT molecular complexity index is 230. The smallest absolute Gasteiger partial charge is 0.326 e. The van der Waals surface area contributed by atoms with E-state index in [1.165, 1.54) is 12.8 Å². The van der Waals surface area contributed by atoms with Gasteiger partial charge in [-0.15, -0.1) is 0 Å². The lowest BCUT2D eigenvalue weighted by Crippen LogP contribution is -2.60. The zero-order chi connectivity index (χ0) is 10.7. The highest BCUT2D eigenvalue weighted by Gasteiger charge is 2.42. The normalized spacial score (nSPS) is 33.1. The minimum absolute atomic E-state index is 0.318. The Hall–Kier alpha value is -0.610. The third-order valence-corrected chi connectivity index (χ3v) is 3.49. The molecular formula is C11H19NO3. The van der Waals surface area contributed by atoms with Crippen LogP contribution in [0.1, 0.15) is 38.5 Å². The van der Waals surface area contributed by atoms with E-state index >= 15 is 0 Å². The van der Waals surface area contributed by atoms with Crippen molar-refractivity contribution in [3.8, 4) is 0 Å². The van der Waals surface area contributed by atoms with Gasteiger partial charge in [-0.05, 0) is 25.7 Å². The summed E-state index contributed by atoms with van der Waals surface area (Å²) in [5.41, 5.74) is -0.812. The van der Waals surface area contributed by atoms with Crippen LogP contribution in [0.4, 0.5) is 0 Å². The number of aliphatic carboxylic acids is 1. The Kier molecular flexibility index (Phi) is 3.26. The molecule has 2 rings (SSSR count). The van der Waals surface area contributed by atoms with Crippen LogP contribution in [0.3, 0.4) is 0 Å². The van der Waals surface area contributed by atoms with Crippen LogP contribution < -0.4 is 5.32 Å². The summed E-state index contributed by atoms with van der Waals surface area (Å²) in [6.07, 6.45) is 6.18. The van der Waals surface area contributed by atoms with Crippen LogP contribution in [0.5, 0.6) is 0 Å². The van der Waals surface area contributed by atoms with Crippen LogP contribution in [0.15, 0.2) is 0 Å². The van der Waals surface area contributed by atoms with Crippen molar-refractivity contribution in [3.63, 3.8) is 0 Å². The molecule has 0 spiro atoms. The summed E-state index contributed by atoms with van der Waals surface area (Å²) in [4.78, 5) is 11.3. The van der Waals surface area contributed by atoms with Gasteiger partial charge in [-0.1, -0.05) is 12.8 Å². The molecule has 4 heteroatoms. The third-order valence-electron chi connectivity index (χ3n) is 3.49. The van der Waals surface area contributed by atoms with Crippen LogP contribution in [-0.2, 0) is 9.53 Å². The fourth-order valence-corrected chi connectivity index (χ4v) is 2.60. The fourth-order valence-electron chi connectivity index (χ4n) is 2.60. The zero-order valence-electron chi connectivity index (χ0n) is 9.00. The van der Waals surface area contributed by atoms with Crippen molar-refractivity contribution in [2.45, 2.75) is 50.1 Å². The first-order valence-electron chi connectivity index (χ1n) is 5.82. The predicted molar refractivity (Wildman–Crippen MR) is 55.8 cm³/mol. The van der Waals surface area contributed by atoms with Gasteiger partial charge in [0.2, 0.25) is 0 Å². The highest BCUT2D eigenvalue weighted by atomic mass is 16.5. The molecule has 0 bridgehead atoms. The van der Waals surface area contributed by atoms with Crippen molar-refractivity contribution in [2.24, 2.45) is 0 Å². The number of hydrogen-bond acceptors (Lipinski definition) is 3. The molecule has 0 aromatic heterocycles. The van der Waals surface area contributed by atoms with E-state index < -0.39 is 11.5 Å². The second kappa shape index (κ2) is 4.49. The van der Waals surface area contributed by atoms with Crippen molar-refractivity contribution >= 4 is 5.97 Å². The van der Waals surface area contributed by atoms with Gasteiger partial charge in [0, 0.05) is 12.6 Å². The molecule has 4 nitrogen and oxygen atoms in total. The van der Waals surface area contributed by atoms with Crippen LogP contribution in [0.2, 0.25) is 0 Å². The van der Waals surface area contributed by atoms with Crippen LogP contribution >= 0.6 is 0 Å². The Morgan fingerprint density at radius 2 is 2.07 bits per heavy atom. The molecule has 1 saturated heterocycles. The fraction of sp³-hybridized carbons (Fsp3) is 0.909. The summed E-state index contributed by atoms with van der Waals surface area (Å²) in [5.74, 6) is -0.755. The summed E-state index contributed by atoms with van der Waals surface area (Å²) in [5, 5.41) is 12.6. The summed E-state index contributed by atoms with van der Waals surface area (Å²) < 4.78 is 5.31. The van der Waals surface area contributed by atoms with Gasteiger partial charge < -0.3 is 9.84 Å². The maximum Gasteiger partial charge on any atom is 0.326 e. The third kappa shape index (κ3) is 2.32. The van der Waals surface area contributed by atoms with Gasteiger partial charge in [-0.3, -0.25) is 10.1 Å². The van der Waals surface area contributed by atoms with Crippen molar-refractivity contribution < 1.29 is 14.6 Å². The maximum atomic E-state index is 11.3. The van der Waals surface area contributed by atoms with E-state index in [-0.39, 0.29) is 0 Å². The molecule has 2 fully saturated rings. The molecule has 15 heavy (non-hydrogen) atoms. The molecular weight excluding hydrogens is 194 g/mol. The second-order valence-corrected chi connectivity index (χ2v) is 4.67. The average Bonchev–Trinajstić information content (AvgIpc) is 2.71. The van der Waals surface area contributed by atoms with Gasteiger partial charge in [0.15, 0.2) is 0 Å². The molecule has 0 amide bonds. The van der Waals surface area contributed by atoms with Crippen LogP contribution in [0.25, 0.3) is 0 Å². The average molecular weight is 213 g/mol. The van der Waals surface area contributed by atoms with Gasteiger partial charge in [-0.25, -0.2) is 0 Å². The van der Waals surface area contributed by atoms with Crippen LogP contribution in [0, 0.1) is 0 Å². The Balaban J connectivity index is 2.00. The highest BCUT2D eigenvalue weighted by Crippen LogP contribution is 2.25. The molecule has 1 aliphatic carbocycles. The number of carboxylic acids is 1. The molecule has 1 atom stereocenters. The molecule has 86 valence electrons. The molecule has 0 radical (unpaired) electrons. The molecule has 1 unspecified atom stereocenters. The quantitative estimate of drug-likeness (QED) is 0.738. The molecule has 1 aliphatic heterocycles. The standard InChI is InChI=1S/C11H19NO3/c13-10(14)11(6-3-7-15-8-11)12-9-4-1-2-5-9/h9,12H,1-8H2,(H,13,14). The van der Waals surface area contributed by atoms with E-state index in [2.05, 4.69) is 5.32 Å². The van der Waals surface area contributed by atoms with Crippen LogP contribution in [-0.4, -0.2) is 35.9 Å². The Morgan fingerprint density at radius 1 is 1.33 bits per heavy atom. The van der Waals surface area contributed by atoms with Gasteiger partial charge in [0.25, 0.3) is 0 Å². The van der Waals surface area contributed by atoms with Gasteiger partial charge in [0.05, 0.1) is 6.61 Å². The number of nitrogens with one attached hydrogen (secondary N) is 1. The molecule has 2 N–H and O–H groups in total. The number of hydrogen-bond donors (Lipinski definition) is 2. The minimum Gasteiger partial charge on any atom is -0.480 e. The van der Waals surface area contributed by atoms with Crippen molar-refractivity contribution in [2.75, 3.05) is 13.2 Å². The summed E-state index contributed by atoms with van der Waals surface area (Å²) >= 11 is 0. The predicted octanol–water partition coefficient (Wildman–Crippen LogP) is 1.15. The molecule has 0 aromatic rings. The lowest BCUT2D eigenvalue weighted by Gasteiger charge is -2.36. The molecule has 0 aromatic carbocycles. The molecule has 1 saturated carbocycles. The molecule has 2 aliphatic rings. The van der Waals surface area contributed by atoms with Crippen molar-refractivity contribution in [1.82, 2.24) is 5.32 Å². The second-order valence-electron chi connectivity index (χ2n) is 4.67. The number of carboxylic acid groups (broad SMARTS) is 1. The van der Waals surface area contributed by atoms with E-state index in [4.69, 9.17) is 4.74 Å². The Labute approximate surface area is 90.0 Å². The van der Waals surface area contributed by atoms with E-state index in [1.54, 1.807) is 0 Å². The summed E-state index contributed by atoms with van der Waals surface area (Å²) in [6.45, 7) is 1.01. The number of ether oxygens (including phenoxy) is 1. The van der Waals surface area contributed by atoms with E-state index in [0.29, 0.717) is 25.7 Å². The SMILES string of the molecule is O=C(O)C1(NC2CCCC2)CCCOC1. The van der Waals surface area contributed by atoms with Crippen molar-refractivity contribution in [3.05, 3.63) is 0 Å². The topological polar surface area (TPSA) is 58.6 Å². The minimum atomic E-state index is -0.812. The van der Waals surface area contributed by atoms with E-state index in [1.807, 2.05) is 0 Å². The lowest BCUT2D eigenvalue weighted by molar-refractivity contribution is -0.151. The maximum absolute atomic E-state index is 11.3. The first-order chi connectivity index (χ1) is 7.23. The van der Waals surface area contributed by atoms with Gasteiger partial charge in [-0.2, -0.15) is 0 Å². The van der Waals surface area contributed by atoms with E-state index in [9.17, 15) is 9.90 Å². The molecule has 1 heterocycles. The van der Waals surface area contributed by atoms with E-state index in [0.717, 1.165) is 19.3 Å². The first-order valence-corrected chi connectivity index (χ1v) is 5.82. The number of rotatable bonds is 3. The van der Waals surface area contributed by atoms with Gasteiger partial charge in [0.1, 0.15) is 5.54 Å². The summed E-state index contributed by atoms with van der Waals surface area (Å²) in [6, 6.07) is 0.378.